The third-order valence-corrected chi connectivity index (χ3v) is 4.94. The lowest BCUT2D eigenvalue weighted by molar-refractivity contribution is -0.124. The number of hydrogen-bond acceptors (Lipinski definition) is 6. The standard InChI is InChI=1S/C19H21N3O5/c23-17(20-10-13-3-2-8-26-13)11-27-19(25)12-5-6-14-15(9-12)21-16-4-1-7-22(16)18(14)24/h5-6,9,13H,1-4,7-8,10-11H2,(H,20,23)/t13-/m0/s1. The van der Waals surface area contributed by atoms with E-state index < -0.39 is 5.97 Å². The van der Waals surface area contributed by atoms with Gasteiger partial charge in [-0.3, -0.25) is 14.2 Å². The molecule has 0 radical (unpaired) electrons. The summed E-state index contributed by atoms with van der Waals surface area (Å²) in [6.07, 6.45) is 3.61. The number of carbonyl (C=O) groups excluding carboxylic acids is 2. The van der Waals surface area contributed by atoms with E-state index in [1.165, 1.54) is 6.07 Å². The molecule has 1 N–H and O–H groups in total. The zero-order valence-corrected chi connectivity index (χ0v) is 14.9. The molecule has 3 heterocycles. The summed E-state index contributed by atoms with van der Waals surface area (Å²) in [6, 6.07) is 4.66. The average molecular weight is 371 g/mol. The molecular formula is C19H21N3O5. The van der Waals surface area contributed by atoms with Crippen LogP contribution in [-0.2, 0) is 27.2 Å². The molecule has 8 nitrogen and oxygen atoms in total. The second-order valence-corrected chi connectivity index (χ2v) is 6.84. The van der Waals surface area contributed by atoms with Gasteiger partial charge in [0, 0.05) is 26.1 Å². The molecule has 1 fully saturated rings. The molecule has 1 saturated heterocycles. The van der Waals surface area contributed by atoms with Gasteiger partial charge < -0.3 is 14.8 Å². The molecule has 2 aromatic rings. The lowest BCUT2D eigenvalue weighted by atomic mass is 10.1. The quantitative estimate of drug-likeness (QED) is 0.781. The number of nitrogens with zero attached hydrogens (tertiary/aromatic N) is 2. The van der Waals surface area contributed by atoms with Gasteiger partial charge in [0.15, 0.2) is 6.61 Å². The van der Waals surface area contributed by atoms with Crippen molar-refractivity contribution in [2.75, 3.05) is 19.8 Å². The molecule has 1 aromatic heterocycles. The molecule has 142 valence electrons. The van der Waals surface area contributed by atoms with Gasteiger partial charge >= 0.3 is 5.97 Å². The van der Waals surface area contributed by atoms with E-state index in [0.717, 1.165) is 38.1 Å². The van der Waals surface area contributed by atoms with Crippen molar-refractivity contribution in [1.29, 1.82) is 0 Å². The van der Waals surface area contributed by atoms with Crippen LogP contribution < -0.4 is 10.9 Å². The van der Waals surface area contributed by atoms with Crippen molar-refractivity contribution in [2.45, 2.75) is 38.3 Å². The molecule has 2 aliphatic rings. The van der Waals surface area contributed by atoms with Crippen LogP contribution in [0.5, 0.6) is 0 Å². The Morgan fingerprint density at radius 2 is 2.22 bits per heavy atom. The number of esters is 1. The maximum Gasteiger partial charge on any atom is 0.338 e. The van der Waals surface area contributed by atoms with Gasteiger partial charge in [-0.2, -0.15) is 0 Å². The van der Waals surface area contributed by atoms with Gasteiger partial charge in [0.25, 0.3) is 11.5 Å². The Morgan fingerprint density at radius 1 is 1.33 bits per heavy atom. The van der Waals surface area contributed by atoms with Crippen molar-refractivity contribution >= 4 is 22.8 Å². The molecule has 0 aliphatic carbocycles. The number of hydrogen-bond donors (Lipinski definition) is 1. The van der Waals surface area contributed by atoms with Crippen molar-refractivity contribution in [1.82, 2.24) is 14.9 Å². The molecule has 1 amide bonds. The predicted molar refractivity (Wildman–Crippen MR) is 96.6 cm³/mol. The van der Waals surface area contributed by atoms with E-state index >= 15 is 0 Å². The Labute approximate surface area is 155 Å². The van der Waals surface area contributed by atoms with Gasteiger partial charge in [0.2, 0.25) is 0 Å². The van der Waals surface area contributed by atoms with Crippen LogP contribution in [0.1, 0.15) is 35.4 Å². The Bertz CT molecular complexity index is 946. The second-order valence-electron chi connectivity index (χ2n) is 6.84. The molecule has 0 bridgehead atoms. The van der Waals surface area contributed by atoms with Gasteiger partial charge in [-0.25, -0.2) is 9.78 Å². The van der Waals surface area contributed by atoms with E-state index in [9.17, 15) is 14.4 Å². The normalized spacial score (nSPS) is 18.4. The van der Waals surface area contributed by atoms with E-state index in [4.69, 9.17) is 9.47 Å². The number of aromatic nitrogens is 2. The fraction of sp³-hybridized carbons (Fsp3) is 0.474. The van der Waals surface area contributed by atoms with E-state index in [0.29, 0.717) is 24.0 Å². The Kier molecular flexibility index (Phi) is 4.89. The summed E-state index contributed by atoms with van der Waals surface area (Å²) in [5, 5.41) is 3.18. The monoisotopic (exact) mass is 371 g/mol. The van der Waals surface area contributed by atoms with Gasteiger partial charge in [0.1, 0.15) is 5.82 Å². The van der Waals surface area contributed by atoms with Crippen molar-refractivity contribution < 1.29 is 19.1 Å². The number of nitrogens with one attached hydrogen (secondary N) is 1. The van der Waals surface area contributed by atoms with E-state index in [1.54, 1.807) is 16.7 Å². The lowest BCUT2D eigenvalue weighted by Crippen LogP contribution is -2.34. The molecule has 1 aromatic carbocycles. The van der Waals surface area contributed by atoms with Crippen LogP contribution in [0, 0.1) is 0 Å². The van der Waals surface area contributed by atoms with Crippen LogP contribution in [0.25, 0.3) is 10.9 Å². The molecule has 8 heteroatoms. The Morgan fingerprint density at radius 3 is 3.04 bits per heavy atom. The molecule has 0 spiro atoms. The largest absolute Gasteiger partial charge is 0.452 e. The molecule has 1 atom stereocenters. The first-order chi connectivity index (χ1) is 13.1. The topological polar surface area (TPSA) is 99.5 Å². The maximum atomic E-state index is 12.4. The van der Waals surface area contributed by atoms with Crippen LogP contribution in [-0.4, -0.2) is 47.3 Å². The molecule has 4 rings (SSSR count). The summed E-state index contributed by atoms with van der Waals surface area (Å²) in [6.45, 7) is 1.47. The Balaban J connectivity index is 1.39. The van der Waals surface area contributed by atoms with Crippen molar-refractivity contribution in [3.05, 3.63) is 39.9 Å². The van der Waals surface area contributed by atoms with Crippen LogP contribution >= 0.6 is 0 Å². The third-order valence-electron chi connectivity index (χ3n) is 4.94. The summed E-state index contributed by atoms with van der Waals surface area (Å²) in [7, 11) is 0. The summed E-state index contributed by atoms with van der Waals surface area (Å²) in [5.74, 6) is -0.244. The highest BCUT2D eigenvalue weighted by atomic mass is 16.5. The SMILES string of the molecule is O=C(COC(=O)c1ccc2c(=O)n3c(nc2c1)CCC3)NC[C@@H]1CCCO1. The molecule has 0 saturated carbocycles. The van der Waals surface area contributed by atoms with Crippen molar-refractivity contribution in [3.63, 3.8) is 0 Å². The van der Waals surface area contributed by atoms with Crippen molar-refractivity contribution in [3.8, 4) is 0 Å². The number of aryl methyl sites for hydroxylation is 1. The third kappa shape index (κ3) is 3.71. The number of amides is 1. The average Bonchev–Trinajstić information content (AvgIpc) is 3.36. The summed E-state index contributed by atoms with van der Waals surface area (Å²) in [4.78, 5) is 41.0. The minimum absolute atomic E-state index is 0.0390. The first-order valence-electron chi connectivity index (χ1n) is 9.21. The minimum Gasteiger partial charge on any atom is -0.452 e. The lowest BCUT2D eigenvalue weighted by Gasteiger charge is -2.11. The first-order valence-corrected chi connectivity index (χ1v) is 9.21. The zero-order valence-electron chi connectivity index (χ0n) is 14.9. The number of ether oxygens (including phenoxy) is 2. The molecule has 2 aliphatic heterocycles. The number of benzene rings is 1. The van der Waals surface area contributed by atoms with Gasteiger partial charge in [0.05, 0.1) is 22.6 Å². The fourth-order valence-corrected chi connectivity index (χ4v) is 3.51. The van der Waals surface area contributed by atoms with E-state index in [-0.39, 0.29) is 29.7 Å². The first kappa shape index (κ1) is 17.7. The van der Waals surface area contributed by atoms with Crippen LogP contribution in [0.2, 0.25) is 0 Å². The van der Waals surface area contributed by atoms with E-state index in [2.05, 4.69) is 10.3 Å². The van der Waals surface area contributed by atoms with Crippen LogP contribution in [0.3, 0.4) is 0 Å². The highest BCUT2D eigenvalue weighted by Gasteiger charge is 2.19. The van der Waals surface area contributed by atoms with Gasteiger partial charge in [-0.15, -0.1) is 0 Å². The maximum absolute atomic E-state index is 12.4. The highest BCUT2D eigenvalue weighted by Crippen LogP contribution is 2.16. The number of rotatable bonds is 5. The number of carbonyl (C=O) groups is 2. The zero-order chi connectivity index (χ0) is 18.8. The second kappa shape index (κ2) is 7.48. The Hall–Kier alpha value is -2.74. The predicted octanol–water partition coefficient (Wildman–Crippen LogP) is 0.795. The summed E-state index contributed by atoms with van der Waals surface area (Å²) >= 11 is 0. The van der Waals surface area contributed by atoms with Crippen molar-refractivity contribution in [2.24, 2.45) is 0 Å². The molecule has 0 unspecified atom stereocenters. The molecular weight excluding hydrogens is 350 g/mol. The fourth-order valence-electron chi connectivity index (χ4n) is 3.51. The highest BCUT2D eigenvalue weighted by molar-refractivity contribution is 5.95. The van der Waals surface area contributed by atoms with Gasteiger partial charge in [-0.1, -0.05) is 0 Å². The summed E-state index contributed by atoms with van der Waals surface area (Å²) < 4.78 is 12.2. The smallest absolute Gasteiger partial charge is 0.338 e. The van der Waals surface area contributed by atoms with Crippen LogP contribution in [0.4, 0.5) is 0 Å². The minimum atomic E-state index is -0.619. The van der Waals surface area contributed by atoms with Gasteiger partial charge in [-0.05, 0) is 37.5 Å². The molecule has 27 heavy (non-hydrogen) atoms. The van der Waals surface area contributed by atoms with E-state index in [1.807, 2.05) is 0 Å². The number of fused-ring (bicyclic) bond motifs is 2. The van der Waals surface area contributed by atoms with Crippen LogP contribution in [0.15, 0.2) is 23.0 Å². The summed E-state index contributed by atoms with van der Waals surface area (Å²) in [5.41, 5.74) is 0.663.